The van der Waals surface area contributed by atoms with E-state index >= 15 is 0 Å². The minimum atomic E-state index is -2.58. The molecule has 0 bridgehead atoms. The molecule has 160 valence electrons. The Kier molecular flexibility index (Phi) is 6.88. The lowest BCUT2D eigenvalue weighted by molar-refractivity contribution is -0.120. The zero-order chi connectivity index (χ0) is 21.7. The molecule has 0 aliphatic carbocycles. The molecule has 2 aromatic heterocycles. The number of aryl methyl sites for hydroxylation is 1. The van der Waals surface area contributed by atoms with Gasteiger partial charge >= 0.3 is 0 Å². The van der Waals surface area contributed by atoms with Crippen LogP contribution >= 0.6 is 0 Å². The molecule has 2 N–H and O–H groups in total. The fourth-order valence-corrected chi connectivity index (χ4v) is 3.26. The topological polar surface area (TPSA) is 105 Å². The number of amides is 2. The van der Waals surface area contributed by atoms with Crippen molar-refractivity contribution >= 4 is 11.8 Å². The first-order valence-corrected chi connectivity index (χ1v) is 9.39. The number of aliphatic hydroxyl groups excluding tert-OH is 1. The Hall–Kier alpha value is -3.14. The summed E-state index contributed by atoms with van der Waals surface area (Å²) in [4.78, 5) is 34.7. The Balaban J connectivity index is 1.70. The molecule has 0 aromatic carbocycles. The normalized spacial score (nSPS) is 13.0. The first-order valence-electron chi connectivity index (χ1n) is 9.39. The minimum Gasteiger partial charge on any atom is -0.471 e. The molecule has 0 unspecified atom stereocenters. The molecule has 0 fully saturated rings. The second kappa shape index (κ2) is 9.57. The number of ether oxygens (including phenoxy) is 1. The molecule has 2 aromatic rings. The number of aliphatic hydroxyl groups is 1. The fraction of sp³-hybridized carbons (Fsp3) is 0.400. The molecule has 0 atom stereocenters. The second-order valence-corrected chi connectivity index (χ2v) is 6.86. The van der Waals surface area contributed by atoms with Crippen LogP contribution in [0, 0.1) is 6.92 Å². The van der Waals surface area contributed by atoms with Gasteiger partial charge in [0.05, 0.1) is 18.7 Å². The maximum absolute atomic E-state index is 12.8. The van der Waals surface area contributed by atoms with E-state index < -0.39 is 13.0 Å². The summed E-state index contributed by atoms with van der Waals surface area (Å²) in [6.07, 6.45) is 0.419. The summed E-state index contributed by atoms with van der Waals surface area (Å²) < 4.78 is 29.6. The summed E-state index contributed by atoms with van der Waals surface area (Å²) in [5.74, 6) is -0.328. The molecule has 0 spiro atoms. The highest BCUT2D eigenvalue weighted by Gasteiger charge is 2.30. The van der Waals surface area contributed by atoms with Crippen LogP contribution in [0.2, 0.25) is 0 Å². The van der Waals surface area contributed by atoms with E-state index in [2.05, 4.69) is 15.3 Å². The fourth-order valence-electron chi connectivity index (χ4n) is 3.26. The van der Waals surface area contributed by atoms with Gasteiger partial charge in [-0.3, -0.25) is 14.6 Å². The van der Waals surface area contributed by atoms with Crippen LogP contribution < -0.4 is 10.1 Å². The summed E-state index contributed by atoms with van der Waals surface area (Å²) in [6.45, 7) is 1.54. The molecule has 3 rings (SSSR count). The lowest BCUT2D eigenvalue weighted by atomic mass is 10.1. The largest absolute Gasteiger partial charge is 0.471 e. The van der Waals surface area contributed by atoms with E-state index in [1.165, 1.54) is 12.4 Å². The number of aromatic nitrogens is 2. The van der Waals surface area contributed by atoms with Crippen molar-refractivity contribution in [3.05, 3.63) is 52.5 Å². The molecule has 0 saturated heterocycles. The summed E-state index contributed by atoms with van der Waals surface area (Å²) in [5, 5.41) is 11.4. The standard InChI is InChI=1S/C20H22F2N4O4/c1-12-6-13(8-25-19(12)30-11-17(21)22)9-26-10-15-14(20(26)29)2-3-23-16(15)7-18(28)24-4-5-27/h2-3,6,8,17,27H,4-5,7,9-11H2,1H3,(H,24,28). The van der Waals surface area contributed by atoms with Crippen molar-refractivity contribution < 1.29 is 28.2 Å². The summed E-state index contributed by atoms with van der Waals surface area (Å²) in [7, 11) is 0. The zero-order valence-electron chi connectivity index (χ0n) is 16.4. The number of fused-ring (bicyclic) bond motifs is 1. The SMILES string of the molecule is Cc1cc(CN2Cc3c(ccnc3CC(=O)NCCO)C2=O)cnc1OCC(F)F. The molecule has 2 amide bonds. The van der Waals surface area contributed by atoms with Gasteiger partial charge in [0, 0.05) is 48.7 Å². The van der Waals surface area contributed by atoms with Gasteiger partial charge in [-0.1, -0.05) is 0 Å². The second-order valence-electron chi connectivity index (χ2n) is 6.86. The van der Waals surface area contributed by atoms with Crippen LogP contribution in [0.25, 0.3) is 0 Å². The van der Waals surface area contributed by atoms with Crippen LogP contribution in [0.3, 0.4) is 0 Å². The van der Waals surface area contributed by atoms with Crippen LogP contribution in [-0.4, -0.2) is 58.0 Å². The number of rotatable bonds is 9. The number of hydrogen-bond acceptors (Lipinski definition) is 6. The van der Waals surface area contributed by atoms with E-state index in [1.807, 2.05) is 0 Å². The van der Waals surface area contributed by atoms with E-state index in [0.29, 0.717) is 28.9 Å². The number of hydrogen-bond donors (Lipinski definition) is 2. The Labute approximate surface area is 171 Å². The van der Waals surface area contributed by atoms with Gasteiger partial charge in [0.25, 0.3) is 12.3 Å². The van der Waals surface area contributed by atoms with Crippen LogP contribution in [-0.2, 0) is 24.3 Å². The smallest absolute Gasteiger partial charge is 0.272 e. The van der Waals surface area contributed by atoms with E-state index in [-0.39, 0.29) is 43.8 Å². The third kappa shape index (κ3) is 5.07. The van der Waals surface area contributed by atoms with Crippen molar-refractivity contribution in [2.45, 2.75) is 32.9 Å². The van der Waals surface area contributed by atoms with Gasteiger partial charge in [0.15, 0.2) is 6.61 Å². The summed E-state index contributed by atoms with van der Waals surface area (Å²) in [6, 6.07) is 3.36. The van der Waals surface area contributed by atoms with Crippen LogP contribution in [0.4, 0.5) is 8.78 Å². The van der Waals surface area contributed by atoms with Crippen molar-refractivity contribution in [2.24, 2.45) is 0 Å². The highest BCUT2D eigenvalue weighted by Crippen LogP contribution is 2.27. The van der Waals surface area contributed by atoms with E-state index in [0.717, 1.165) is 5.56 Å². The average Bonchev–Trinajstić information content (AvgIpc) is 3.02. The molecule has 0 radical (unpaired) electrons. The highest BCUT2D eigenvalue weighted by atomic mass is 19.3. The minimum absolute atomic E-state index is 0.0150. The van der Waals surface area contributed by atoms with Gasteiger partial charge < -0.3 is 20.1 Å². The van der Waals surface area contributed by atoms with Crippen LogP contribution in [0.5, 0.6) is 5.88 Å². The molecule has 30 heavy (non-hydrogen) atoms. The van der Waals surface area contributed by atoms with Gasteiger partial charge in [-0.15, -0.1) is 0 Å². The van der Waals surface area contributed by atoms with Gasteiger partial charge in [-0.05, 0) is 24.6 Å². The van der Waals surface area contributed by atoms with E-state index in [1.54, 1.807) is 24.0 Å². The first-order chi connectivity index (χ1) is 14.4. The van der Waals surface area contributed by atoms with Gasteiger partial charge in [0.1, 0.15) is 0 Å². The summed E-state index contributed by atoms with van der Waals surface area (Å²) >= 11 is 0. The van der Waals surface area contributed by atoms with E-state index in [4.69, 9.17) is 9.84 Å². The predicted octanol–water partition coefficient (Wildman–Crippen LogP) is 1.24. The van der Waals surface area contributed by atoms with Crippen molar-refractivity contribution in [1.82, 2.24) is 20.2 Å². The number of carbonyl (C=O) groups excluding carboxylic acids is 2. The predicted molar refractivity (Wildman–Crippen MR) is 102 cm³/mol. The van der Waals surface area contributed by atoms with Crippen molar-refractivity contribution in [1.29, 1.82) is 0 Å². The Morgan fingerprint density at radius 3 is 2.90 bits per heavy atom. The zero-order valence-corrected chi connectivity index (χ0v) is 16.4. The number of alkyl halides is 2. The monoisotopic (exact) mass is 420 g/mol. The number of carbonyl (C=O) groups is 2. The molecular formula is C20H22F2N4O4. The molecular weight excluding hydrogens is 398 g/mol. The van der Waals surface area contributed by atoms with Gasteiger partial charge in [-0.2, -0.15) is 0 Å². The lowest BCUT2D eigenvalue weighted by Gasteiger charge is -2.16. The summed E-state index contributed by atoms with van der Waals surface area (Å²) in [5.41, 5.74) is 3.04. The maximum atomic E-state index is 12.8. The van der Waals surface area contributed by atoms with Crippen molar-refractivity contribution in [3.63, 3.8) is 0 Å². The van der Waals surface area contributed by atoms with Crippen molar-refractivity contribution in [2.75, 3.05) is 19.8 Å². The van der Waals surface area contributed by atoms with E-state index in [9.17, 15) is 18.4 Å². The molecule has 0 saturated carbocycles. The van der Waals surface area contributed by atoms with Crippen molar-refractivity contribution in [3.8, 4) is 5.88 Å². The third-order valence-corrected chi connectivity index (χ3v) is 4.58. The molecule has 8 nitrogen and oxygen atoms in total. The number of nitrogens with one attached hydrogen (secondary N) is 1. The van der Waals surface area contributed by atoms with Crippen LogP contribution in [0.15, 0.2) is 24.5 Å². The lowest BCUT2D eigenvalue weighted by Crippen LogP contribution is -2.28. The molecule has 1 aliphatic heterocycles. The quantitative estimate of drug-likeness (QED) is 0.633. The molecule has 10 heteroatoms. The molecule has 1 aliphatic rings. The average molecular weight is 420 g/mol. The number of halogens is 2. The Bertz CT molecular complexity index is 939. The Morgan fingerprint density at radius 2 is 2.20 bits per heavy atom. The highest BCUT2D eigenvalue weighted by molar-refractivity contribution is 5.98. The Morgan fingerprint density at radius 1 is 1.40 bits per heavy atom. The van der Waals surface area contributed by atoms with Gasteiger partial charge in [0.2, 0.25) is 11.8 Å². The first kappa shape index (κ1) is 21.6. The molecule has 3 heterocycles. The third-order valence-electron chi connectivity index (χ3n) is 4.58. The van der Waals surface area contributed by atoms with Crippen LogP contribution in [0.1, 0.15) is 32.7 Å². The number of pyridine rings is 2. The maximum Gasteiger partial charge on any atom is 0.272 e. The number of nitrogens with zero attached hydrogens (tertiary/aromatic N) is 3. The van der Waals surface area contributed by atoms with Gasteiger partial charge in [-0.25, -0.2) is 13.8 Å².